The highest BCUT2D eigenvalue weighted by Gasteiger charge is 2.22. The van der Waals surface area contributed by atoms with Crippen molar-refractivity contribution in [2.24, 2.45) is 5.10 Å². The van der Waals surface area contributed by atoms with Crippen LogP contribution in [0.15, 0.2) is 23.3 Å². The van der Waals surface area contributed by atoms with Gasteiger partial charge in [0, 0.05) is 25.6 Å². The van der Waals surface area contributed by atoms with Crippen LogP contribution in [0.1, 0.15) is 18.4 Å². The molecule has 100 valence electrons. The molecule has 0 saturated heterocycles. The fourth-order valence-electron chi connectivity index (χ4n) is 1.79. The molecule has 0 spiro atoms. The number of carbonyl (C=O) groups excluding carboxylic acids is 2. The average molecular weight is 263 g/mol. The van der Waals surface area contributed by atoms with Crippen LogP contribution in [0.4, 0.5) is 10.1 Å². The highest BCUT2D eigenvalue weighted by Crippen LogP contribution is 2.16. The highest BCUT2D eigenvalue weighted by atomic mass is 19.1. The van der Waals surface area contributed by atoms with Gasteiger partial charge in [-0.3, -0.25) is 9.59 Å². The highest BCUT2D eigenvalue weighted by molar-refractivity contribution is 6.43. The van der Waals surface area contributed by atoms with E-state index in [1.165, 1.54) is 25.2 Å². The second-order valence-electron chi connectivity index (χ2n) is 4.38. The van der Waals surface area contributed by atoms with Gasteiger partial charge in [0.05, 0.1) is 0 Å². The minimum absolute atomic E-state index is 0.116. The first-order valence-electron chi connectivity index (χ1n) is 5.89. The van der Waals surface area contributed by atoms with Gasteiger partial charge in [0.2, 0.25) is 5.91 Å². The van der Waals surface area contributed by atoms with Crippen molar-refractivity contribution >= 4 is 23.2 Å². The van der Waals surface area contributed by atoms with Crippen LogP contribution in [0.25, 0.3) is 0 Å². The van der Waals surface area contributed by atoms with Gasteiger partial charge in [0.1, 0.15) is 11.5 Å². The average Bonchev–Trinajstić information content (AvgIpc) is 2.36. The molecule has 1 aromatic rings. The van der Waals surface area contributed by atoms with Crippen LogP contribution >= 0.6 is 0 Å². The molecule has 0 radical (unpaired) electrons. The van der Waals surface area contributed by atoms with E-state index in [9.17, 15) is 14.0 Å². The number of nitrogens with one attached hydrogen (secondary N) is 1. The molecular formula is C13H14FN3O2. The SMILES string of the molecule is Cc1cc(F)ccc1NC(=O)C1=NN(C)C(=O)CC1. The molecule has 19 heavy (non-hydrogen) atoms. The quantitative estimate of drug-likeness (QED) is 0.882. The van der Waals surface area contributed by atoms with Crippen molar-refractivity contribution in [1.29, 1.82) is 0 Å². The minimum atomic E-state index is -0.367. The summed E-state index contributed by atoms with van der Waals surface area (Å²) in [6, 6.07) is 4.12. The summed E-state index contributed by atoms with van der Waals surface area (Å²) in [6.45, 7) is 1.71. The maximum Gasteiger partial charge on any atom is 0.271 e. The molecule has 0 aromatic heterocycles. The Morgan fingerprint density at radius 3 is 2.79 bits per heavy atom. The Bertz CT molecular complexity index is 569. The Labute approximate surface area is 110 Å². The van der Waals surface area contributed by atoms with Gasteiger partial charge in [0.15, 0.2) is 0 Å². The Morgan fingerprint density at radius 2 is 2.16 bits per heavy atom. The van der Waals surface area contributed by atoms with Crippen LogP contribution in [0.3, 0.4) is 0 Å². The van der Waals surface area contributed by atoms with Crippen molar-refractivity contribution in [1.82, 2.24) is 5.01 Å². The summed E-state index contributed by atoms with van der Waals surface area (Å²) in [5, 5.41) is 7.75. The number of hydrazone groups is 1. The Kier molecular flexibility index (Phi) is 3.59. The first kappa shape index (κ1) is 13.2. The van der Waals surface area contributed by atoms with Crippen LogP contribution in [-0.2, 0) is 9.59 Å². The summed E-state index contributed by atoms with van der Waals surface area (Å²) in [5.74, 6) is -0.834. The molecule has 6 heteroatoms. The number of benzene rings is 1. The number of hydrogen-bond acceptors (Lipinski definition) is 3. The Morgan fingerprint density at radius 1 is 1.42 bits per heavy atom. The van der Waals surface area contributed by atoms with Crippen molar-refractivity contribution in [3.63, 3.8) is 0 Å². The molecule has 1 aromatic carbocycles. The molecule has 1 N–H and O–H groups in total. The Hall–Kier alpha value is -2.24. The van der Waals surface area contributed by atoms with Crippen molar-refractivity contribution in [2.75, 3.05) is 12.4 Å². The van der Waals surface area contributed by atoms with E-state index in [4.69, 9.17) is 0 Å². The predicted molar refractivity (Wildman–Crippen MR) is 69.2 cm³/mol. The lowest BCUT2D eigenvalue weighted by Crippen LogP contribution is -2.34. The predicted octanol–water partition coefficient (Wildman–Crippen LogP) is 1.68. The number of halogens is 1. The van der Waals surface area contributed by atoms with Gasteiger partial charge in [0.25, 0.3) is 5.91 Å². The number of rotatable bonds is 2. The molecule has 1 heterocycles. The number of carbonyl (C=O) groups is 2. The van der Waals surface area contributed by atoms with Crippen molar-refractivity contribution in [3.8, 4) is 0 Å². The van der Waals surface area contributed by atoms with Gasteiger partial charge in [-0.25, -0.2) is 9.40 Å². The molecule has 0 saturated carbocycles. The van der Waals surface area contributed by atoms with Crippen molar-refractivity contribution < 1.29 is 14.0 Å². The van der Waals surface area contributed by atoms with Crippen molar-refractivity contribution in [2.45, 2.75) is 19.8 Å². The molecule has 0 aliphatic carbocycles. The molecule has 0 atom stereocenters. The monoisotopic (exact) mass is 263 g/mol. The van der Waals surface area contributed by atoms with Crippen LogP contribution < -0.4 is 5.32 Å². The molecule has 1 aliphatic rings. The van der Waals surface area contributed by atoms with E-state index >= 15 is 0 Å². The Balaban J connectivity index is 2.13. The summed E-state index contributed by atoms with van der Waals surface area (Å²) in [6.07, 6.45) is 0.584. The maximum absolute atomic E-state index is 13.0. The lowest BCUT2D eigenvalue weighted by molar-refractivity contribution is -0.130. The first-order chi connectivity index (χ1) is 8.97. The van der Waals surface area contributed by atoms with Crippen LogP contribution in [0, 0.1) is 12.7 Å². The molecule has 5 nitrogen and oxygen atoms in total. The zero-order valence-electron chi connectivity index (χ0n) is 10.7. The smallest absolute Gasteiger partial charge is 0.271 e. The van der Waals surface area contributed by atoms with Gasteiger partial charge in [-0.05, 0) is 30.7 Å². The molecule has 1 aliphatic heterocycles. The summed E-state index contributed by atoms with van der Waals surface area (Å²) in [5.41, 5.74) is 1.47. The molecule has 2 amide bonds. The van der Waals surface area contributed by atoms with E-state index in [2.05, 4.69) is 10.4 Å². The zero-order chi connectivity index (χ0) is 14.0. The van der Waals surface area contributed by atoms with E-state index in [1.807, 2.05) is 0 Å². The number of amides is 2. The van der Waals surface area contributed by atoms with E-state index in [-0.39, 0.29) is 24.1 Å². The second-order valence-corrected chi connectivity index (χ2v) is 4.38. The number of nitrogens with zero attached hydrogens (tertiary/aromatic N) is 2. The number of hydrogen-bond donors (Lipinski definition) is 1. The first-order valence-corrected chi connectivity index (χ1v) is 5.89. The van der Waals surface area contributed by atoms with Crippen LogP contribution in [-0.4, -0.2) is 29.6 Å². The van der Waals surface area contributed by atoms with Gasteiger partial charge < -0.3 is 5.32 Å². The van der Waals surface area contributed by atoms with Gasteiger partial charge in [-0.2, -0.15) is 5.10 Å². The largest absolute Gasteiger partial charge is 0.321 e. The van der Waals surface area contributed by atoms with Crippen LogP contribution in [0.2, 0.25) is 0 Å². The lowest BCUT2D eigenvalue weighted by atomic mass is 10.1. The summed E-state index contributed by atoms with van der Waals surface area (Å²) >= 11 is 0. The standard InChI is InChI=1S/C13H14FN3O2/c1-8-7-9(14)3-4-10(8)15-13(19)11-5-6-12(18)17(2)16-11/h3-4,7H,5-6H2,1-2H3,(H,15,19). The number of anilines is 1. The lowest BCUT2D eigenvalue weighted by Gasteiger charge is -2.19. The van der Waals surface area contributed by atoms with Gasteiger partial charge in [-0.15, -0.1) is 0 Å². The van der Waals surface area contributed by atoms with Crippen LogP contribution in [0.5, 0.6) is 0 Å². The third-order valence-corrected chi connectivity index (χ3v) is 2.91. The zero-order valence-corrected chi connectivity index (χ0v) is 10.7. The van der Waals surface area contributed by atoms with Crippen molar-refractivity contribution in [3.05, 3.63) is 29.6 Å². The third kappa shape index (κ3) is 2.96. The van der Waals surface area contributed by atoms with Gasteiger partial charge >= 0.3 is 0 Å². The normalized spacial score (nSPS) is 15.2. The number of aryl methyl sites for hydroxylation is 1. The van der Waals surface area contributed by atoms with E-state index in [1.54, 1.807) is 6.92 Å². The molecule has 0 bridgehead atoms. The fourth-order valence-corrected chi connectivity index (χ4v) is 1.79. The van der Waals surface area contributed by atoms with E-state index in [0.29, 0.717) is 23.4 Å². The molecular weight excluding hydrogens is 249 g/mol. The summed E-state index contributed by atoms with van der Waals surface area (Å²) in [7, 11) is 1.51. The molecule has 2 rings (SSSR count). The second kappa shape index (κ2) is 5.17. The van der Waals surface area contributed by atoms with E-state index in [0.717, 1.165) is 5.01 Å². The maximum atomic E-state index is 13.0. The third-order valence-electron chi connectivity index (χ3n) is 2.91. The molecule has 0 unspecified atom stereocenters. The fraction of sp³-hybridized carbons (Fsp3) is 0.308. The van der Waals surface area contributed by atoms with E-state index < -0.39 is 0 Å². The minimum Gasteiger partial charge on any atom is -0.321 e. The topological polar surface area (TPSA) is 61.8 Å². The van der Waals surface area contributed by atoms with Gasteiger partial charge in [-0.1, -0.05) is 0 Å². The summed E-state index contributed by atoms with van der Waals surface area (Å²) in [4.78, 5) is 23.2. The summed E-state index contributed by atoms with van der Waals surface area (Å²) < 4.78 is 13.0. The molecule has 0 fully saturated rings.